The second-order valence-corrected chi connectivity index (χ2v) is 6.73. The summed E-state index contributed by atoms with van der Waals surface area (Å²) in [6.45, 7) is 9.12. The van der Waals surface area contributed by atoms with E-state index in [9.17, 15) is 4.79 Å². The maximum absolute atomic E-state index is 10.9. The van der Waals surface area contributed by atoms with E-state index in [0.29, 0.717) is 25.3 Å². The van der Waals surface area contributed by atoms with Crippen molar-refractivity contribution in [3.63, 3.8) is 0 Å². The third-order valence-corrected chi connectivity index (χ3v) is 4.62. The molecular formula is C18H34N4O3. The van der Waals surface area contributed by atoms with Gasteiger partial charge in [0.1, 0.15) is 0 Å². The molecule has 0 saturated carbocycles. The van der Waals surface area contributed by atoms with Crippen molar-refractivity contribution in [1.82, 2.24) is 15.5 Å². The number of nitrogens with one attached hydrogen (secondary N) is 2. The molecule has 2 rings (SSSR count). The van der Waals surface area contributed by atoms with Crippen LogP contribution in [0.15, 0.2) is 4.99 Å². The van der Waals surface area contributed by atoms with Crippen molar-refractivity contribution in [2.75, 3.05) is 45.9 Å². The smallest absolute Gasteiger partial charge is 0.216 e. The molecule has 7 nitrogen and oxygen atoms in total. The summed E-state index contributed by atoms with van der Waals surface area (Å²) in [5, 5.41) is 6.12. The standard InChI is InChI=1S/C18H34N4O3/c1-3-19-18(21-10-9-20-15(2)23)22-11-7-16(8-12-22)25-14-17-6-4-5-13-24-17/h16-17H,3-14H2,1-2H3,(H,19,21)(H,20,23). The van der Waals surface area contributed by atoms with Crippen LogP contribution in [0.5, 0.6) is 0 Å². The van der Waals surface area contributed by atoms with Crippen molar-refractivity contribution >= 4 is 11.9 Å². The monoisotopic (exact) mass is 354 g/mol. The van der Waals surface area contributed by atoms with E-state index in [1.807, 2.05) is 0 Å². The quantitative estimate of drug-likeness (QED) is 0.407. The molecule has 0 aromatic carbocycles. The summed E-state index contributed by atoms with van der Waals surface area (Å²) in [5.74, 6) is 0.919. The highest BCUT2D eigenvalue weighted by molar-refractivity contribution is 5.80. The molecule has 0 aliphatic carbocycles. The third kappa shape index (κ3) is 7.61. The lowest BCUT2D eigenvalue weighted by Crippen LogP contribution is -2.47. The zero-order chi connectivity index (χ0) is 17.9. The van der Waals surface area contributed by atoms with Crippen molar-refractivity contribution in [2.24, 2.45) is 4.99 Å². The van der Waals surface area contributed by atoms with E-state index in [2.05, 4.69) is 27.4 Å². The number of guanidine groups is 1. The molecule has 2 saturated heterocycles. The summed E-state index contributed by atoms with van der Waals surface area (Å²) in [4.78, 5) is 17.8. The van der Waals surface area contributed by atoms with E-state index >= 15 is 0 Å². The summed E-state index contributed by atoms with van der Waals surface area (Å²) < 4.78 is 11.8. The molecule has 1 atom stereocenters. The number of rotatable bonds is 7. The predicted molar refractivity (Wildman–Crippen MR) is 98.8 cm³/mol. The lowest BCUT2D eigenvalue weighted by Gasteiger charge is -2.35. The van der Waals surface area contributed by atoms with Crippen LogP contribution >= 0.6 is 0 Å². The Hall–Kier alpha value is -1.34. The van der Waals surface area contributed by atoms with Crippen molar-refractivity contribution < 1.29 is 14.3 Å². The van der Waals surface area contributed by atoms with Gasteiger partial charge in [0.25, 0.3) is 0 Å². The number of piperidine rings is 1. The molecule has 0 aromatic rings. The predicted octanol–water partition coefficient (Wildman–Crippen LogP) is 1.14. The fraction of sp³-hybridized carbons (Fsp3) is 0.889. The van der Waals surface area contributed by atoms with Crippen molar-refractivity contribution in [3.05, 3.63) is 0 Å². The molecule has 2 heterocycles. The molecule has 144 valence electrons. The van der Waals surface area contributed by atoms with Gasteiger partial charge in [0.2, 0.25) is 5.91 Å². The van der Waals surface area contributed by atoms with Crippen LogP contribution in [0.25, 0.3) is 0 Å². The molecule has 0 spiro atoms. The first-order valence-corrected chi connectivity index (χ1v) is 9.70. The summed E-state index contributed by atoms with van der Waals surface area (Å²) in [7, 11) is 0. The average Bonchev–Trinajstić information content (AvgIpc) is 2.64. The first-order valence-electron chi connectivity index (χ1n) is 9.70. The zero-order valence-electron chi connectivity index (χ0n) is 15.8. The van der Waals surface area contributed by atoms with Crippen molar-refractivity contribution in [1.29, 1.82) is 0 Å². The summed E-state index contributed by atoms with van der Waals surface area (Å²) in [5.41, 5.74) is 0. The van der Waals surface area contributed by atoms with Crippen LogP contribution in [-0.2, 0) is 14.3 Å². The van der Waals surface area contributed by atoms with Gasteiger partial charge in [0.05, 0.1) is 25.4 Å². The number of amides is 1. The van der Waals surface area contributed by atoms with E-state index in [4.69, 9.17) is 9.47 Å². The van der Waals surface area contributed by atoms with Crippen LogP contribution < -0.4 is 10.6 Å². The minimum Gasteiger partial charge on any atom is -0.376 e. The first kappa shape index (κ1) is 20.0. The fourth-order valence-corrected chi connectivity index (χ4v) is 3.24. The van der Waals surface area contributed by atoms with Gasteiger partial charge in [0, 0.05) is 39.7 Å². The number of aliphatic imine (C=N–C) groups is 1. The van der Waals surface area contributed by atoms with E-state index < -0.39 is 0 Å². The van der Waals surface area contributed by atoms with E-state index in [0.717, 1.165) is 58.1 Å². The Kier molecular flexibility index (Phi) is 9.04. The largest absolute Gasteiger partial charge is 0.376 e. The van der Waals surface area contributed by atoms with E-state index in [1.165, 1.54) is 19.8 Å². The van der Waals surface area contributed by atoms with Crippen LogP contribution in [0.1, 0.15) is 46.0 Å². The van der Waals surface area contributed by atoms with Gasteiger partial charge in [0.15, 0.2) is 5.96 Å². The van der Waals surface area contributed by atoms with Crippen LogP contribution in [0, 0.1) is 0 Å². The number of nitrogens with zero attached hydrogens (tertiary/aromatic N) is 2. The average molecular weight is 354 g/mol. The van der Waals surface area contributed by atoms with Crippen LogP contribution in [0.3, 0.4) is 0 Å². The third-order valence-electron chi connectivity index (χ3n) is 4.62. The van der Waals surface area contributed by atoms with Crippen LogP contribution in [0.4, 0.5) is 0 Å². The molecular weight excluding hydrogens is 320 g/mol. The maximum Gasteiger partial charge on any atom is 0.216 e. The molecule has 0 bridgehead atoms. The second-order valence-electron chi connectivity index (χ2n) is 6.73. The lowest BCUT2D eigenvalue weighted by molar-refractivity contribution is -0.118. The molecule has 25 heavy (non-hydrogen) atoms. The Bertz CT molecular complexity index is 417. The van der Waals surface area contributed by atoms with Crippen LogP contribution in [-0.4, -0.2) is 74.9 Å². The number of carbonyl (C=O) groups is 1. The molecule has 1 unspecified atom stereocenters. The van der Waals surface area contributed by atoms with E-state index in [1.54, 1.807) is 0 Å². The fourth-order valence-electron chi connectivity index (χ4n) is 3.24. The summed E-state index contributed by atoms with van der Waals surface area (Å²) in [6.07, 6.45) is 6.22. The highest BCUT2D eigenvalue weighted by Gasteiger charge is 2.23. The van der Waals surface area contributed by atoms with Crippen molar-refractivity contribution in [3.8, 4) is 0 Å². The Labute approximate surface area is 151 Å². The molecule has 1 amide bonds. The Balaban J connectivity index is 1.69. The topological polar surface area (TPSA) is 75.2 Å². The van der Waals surface area contributed by atoms with Gasteiger partial charge in [-0.15, -0.1) is 0 Å². The summed E-state index contributed by atoms with van der Waals surface area (Å²) >= 11 is 0. The van der Waals surface area contributed by atoms with Crippen molar-refractivity contribution in [2.45, 2.75) is 58.2 Å². The normalized spacial score (nSPS) is 22.7. The second kappa shape index (κ2) is 11.3. The SMILES string of the molecule is CCNC(=NCCNC(C)=O)N1CCC(OCC2CCCCO2)CC1. The number of carbonyl (C=O) groups excluding carboxylic acids is 1. The maximum atomic E-state index is 10.9. The molecule has 2 aliphatic heterocycles. The first-order chi connectivity index (χ1) is 12.2. The lowest BCUT2D eigenvalue weighted by atomic mass is 10.1. The minimum absolute atomic E-state index is 0.0138. The Morgan fingerprint density at radius 2 is 2.04 bits per heavy atom. The molecule has 2 aliphatic rings. The Morgan fingerprint density at radius 3 is 2.68 bits per heavy atom. The molecule has 7 heteroatoms. The zero-order valence-corrected chi connectivity index (χ0v) is 15.8. The van der Waals surface area contributed by atoms with Crippen LogP contribution in [0.2, 0.25) is 0 Å². The number of hydrogen-bond donors (Lipinski definition) is 2. The molecule has 2 N–H and O–H groups in total. The van der Waals surface area contributed by atoms with Gasteiger partial charge in [-0.1, -0.05) is 0 Å². The van der Waals surface area contributed by atoms with Gasteiger partial charge in [-0.05, 0) is 39.0 Å². The van der Waals surface area contributed by atoms with Gasteiger partial charge >= 0.3 is 0 Å². The van der Waals surface area contributed by atoms with Gasteiger partial charge in [-0.25, -0.2) is 0 Å². The highest BCUT2D eigenvalue weighted by atomic mass is 16.5. The summed E-state index contributed by atoms with van der Waals surface area (Å²) in [6, 6.07) is 0. The van der Waals surface area contributed by atoms with Gasteiger partial charge in [-0.2, -0.15) is 0 Å². The van der Waals surface area contributed by atoms with Gasteiger partial charge < -0.3 is 25.0 Å². The Morgan fingerprint density at radius 1 is 1.24 bits per heavy atom. The van der Waals surface area contributed by atoms with Gasteiger partial charge in [-0.3, -0.25) is 9.79 Å². The van der Waals surface area contributed by atoms with E-state index in [-0.39, 0.29) is 5.91 Å². The highest BCUT2D eigenvalue weighted by Crippen LogP contribution is 2.17. The molecule has 0 radical (unpaired) electrons. The molecule has 0 aromatic heterocycles. The number of hydrogen-bond acceptors (Lipinski definition) is 4. The number of ether oxygens (including phenoxy) is 2. The minimum atomic E-state index is -0.0138. The molecule has 2 fully saturated rings. The number of likely N-dealkylation sites (tertiary alicyclic amines) is 1.